The maximum Gasteiger partial charge on any atom is 3.00 e. The maximum atomic E-state index is 5.15. The molecule has 3 aromatic carbocycles. The summed E-state index contributed by atoms with van der Waals surface area (Å²) in [7, 11) is 0. The number of pyridine rings is 3. The summed E-state index contributed by atoms with van der Waals surface area (Å²) in [5.41, 5.74) is 6.50. The molecule has 0 saturated heterocycles. The first-order chi connectivity index (χ1) is 17.4. The molecule has 0 aliphatic heterocycles. The van der Waals surface area contributed by atoms with E-state index in [1.807, 2.05) is 72.8 Å². The molecule has 0 unspecified atom stereocenters. The van der Waals surface area contributed by atoms with E-state index in [9.17, 15) is 0 Å². The van der Waals surface area contributed by atoms with E-state index in [2.05, 4.69) is 35.7 Å². The van der Waals surface area contributed by atoms with E-state index in [1.165, 1.54) is 16.7 Å². The van der Waals surface area contributed by atoms with Crippen LogP contribution in [0.3, 0.4) is 0 Å². The summed E-state index contributed by atoms with van der Waals surface area (Å²) in [6.07, 6.45) is 5.40. The molecule has 0 spiro atoms. The van der Waals surface area contributed by atoms with E-state index in [4.69, 9.17) is 37.9 Å². The third kappa shape index (κ3) is 6.74. The fraction of sp³-hybridized carbons (Fsp3) is 0.100. The van der Waals surface area contributed by atoms with E-state index in [1.54, 1.807) is 18.6 Å². The van der Waals surface area contributed by atoms with Gasteiger partial charge in [-0.25, -0.2) is 0 Å². The molecule has 37 heavy (non-hydrogen) atoms. The third-order valence-electron chi connectivity index (χ3n) is 5.86. The monoisotopic (exact) mass is 625 g/mol. The summed E-state index contributed by atoms with van der Waals surface area (Å²) in [6, 6.07) is 23.8. The zero-order valence-corrected chi connectivity index (χ0v) is 24.6. The minimum Gasteiger partial charge on any atom is -0.778 e. The molecule has 0 bridgehead atoms. The van der Waals surface area contributed by atoms with Crippen LogP contribution in [0.5, 0.6) is 0 Å². The topological polar surface area (TPSA) is 38.7 Å². The summed E-state index contributed by atoms with van der Waals surface area (Å²) in [5, 5.41) is 3.47. The normalized spacial score (nSPS) is 10.1. The number of rotatable bonds is 0. The molecule has 7 heteroatoms. The van der Waals surface area contributed by atoms with Gasteiger partial charge in [0, 0.05) is 34.7 Å². The van der Waals surface area contributed by atoms with Gasteiger partial charge >= 0.3 is 19.5 Å². The molecule has 3 heterocycles. The Morgan fingerprint density at radius 1 is 0.432 bits per heavy atom. The van der Waals surface area contributed by atoms with Crippen LogP contribution in [-0.2, 0) is 57.4 Å². The Balaban J connectivity index is 0.000000152. The first-order valence-corrected chi connectivity index (χ1v) is 12.6. The van der Waals surface area contributed by atoms with Gasteiger partial charge in [-0.3, -0.25) is 15.0 Å². The molecule has 186 valence electrons. The van der Waals surface area contributed by atoms with Crippen molar-refractivity contribution in [2.45, 2.75) is 35.5 Å². The first-order valence-electron chi connectivity index (χ1n) is 11.4. The molecule has 0 aliphatic carbocycles. The van der Waals surface area contributed by atoms with Gasteiger partial charge in [-0.15, -0.1) is 14.7 Å². The van der Waals surface area contributed by atoms with Crippen molar-refractivity contribution in [1.29, 1.82) is 0 Å². The van der Waals surface area contributed by atoms with Crippen LogP contribution in [-0.4, -0.2) is 15.0 Å². The summed E-state index contributed by atoms with van der Waals surface area (Å²) >= 11 is 15.5. The SMILES string of the molecule is Cc1ccnc2c([S-])cccc12.Cc1ccnc2c([S-])cccc12.Cc1ccnc2c([S-])cccc12.[Rh+3]. The van der Waals surface area contributed by atoms with Gasteiger partial charge in [0.25, 0.3) is 0 Å². The van der Waals surface area contributed by atoms with Gasteiger partial charge in [0.1, 0.15) is 0 Å². The number of hydrogen-bond donors (Lipinski definition) is 0. The predicted molar refractivity (Wildman–Crippen MR) is 156 cm³/mol. The van der Waals surface area contributed by atoms with Crippen LogP contribution in [0.4, 0.5) is 0 Å². The first kappa shape index (κ1) is 28.7. The smallest absolute Gasteiger partial charge is 0.778 e. The molecular formula is C30H24N3RhS3. The minimum atomic E-state index is 0. The van der Waals surface area contributed by atoms with Gasteiger partial charge in [0.2, 0.25) is 0 Å². The molecule has 0 fully saturated rings. The molecule has 0 aliphatic rings. The van der Waals surface area contributed by atoms with E-state index in [0.29, 0.717) is 0 Å². The third-order valence-corrected chi connectivity index (χ3v) is 6.84. The van der Waals surface area contributed by atoms with Crippen LogP contribution in [0, 0.1) is 20.8 Å². The summed E-state index contributed by atoms with van der Waals surface area (Å²) in [5.74, 6) is 0. The van der Waals surface area contributed by atoms with Crippen LogP contribution in [0.25, 0.3) is 32.7 Å². The van der Waals surface area contributed by atoms with Crippen molar-refractivity contribution in [3.63, 3.8) is 0 Å². The minimum absolute atomic E-state index is 0. The van der Waals surface area contributed by atoms with Crippen molar-refractivity contribution < 1.29 is 19.5 Å². The van der Waals surface area contributed by atoms with Crippen LogP contribution >= 0.6 is 0 Å². The molecule has 0 amide bonds. The number of aromatic nitrogens is 3. The number of aryl methyl sites for hydroxylation is 3. The maximum absolute atomic E-state index is 5.15. The largest absolute Gasteiger partial charge is 3.00 e. The fourth-order valence-electron chi connectivity index (χ4n) is 3.86. The van der Waals surface area contributed by atoms with Crippen molar-refractivity contribution in [2.24, 2.45) is 0 Å². The number of para-hydroxylation sites is 3. The second kappa shape index (κ2) is 13.1. The molecule has 0 radical (unpaired) electrons. The van der Waals surface area contributed by atoms with Gasteiger partial charge < -0.3 is 37.9 Å². The Morgan fingerprint density at radius 2 is 0.703 bits per heavy atom. The van der Waals surface area contributed by atoms with Crippen molar-refractivity contribution in [3.05, 3.63) is 108 Å². The zero-order valence-electron chi connectivity index (χ0n) is 20.6. The van der Waals surface area contributed by atoms with Crippen molar-refractivity contribution in [3.8, 4) is 0 Å². The second-order valence-corrected chi connectivity index (χ2v) is 9.66. The Labute approximate surface area is 247 Å². The quantitative estimate of drug-likeness (QED) is 0.130. The predicted octanol–water partition coefficient (Wildman–Crippen LogP) is 7.34. The molecular weight excluding hydrogens is 601 g/mol. The number of nitrogens with zero attached hydrogens (tertiary/aromatic N) is 3. The fourth-order valence-corrected chi connectivity index (χ4v) is 4.58. The van der Waals surface area contributed by atoms with Gasteiger partial charge in [0.15, 0.2) is 0 Å². The van der Waals surface area contributed by atoms with Gasteiger partial charge in [-0.1, -0.05) is 54.6 Å². The van der Waals surface area contributed by atoms with Crippen LogP contribution in [0.15, 0.2) is 106 Å². The zero-order chi connectivity index (χ0) is 25.7. The summed E-state index contributed by atoms with van der Waals surface area (Å²) in [6.45, 7) is 6.20. The number of fused-ring (bicyclic) bond motifs is 3. The van der Waals surface area contributed by atoms with Crippen molar-refractivity contribution in [1.82, 2.24) is 15.0 Å². The van der Waals surface area contributed by atoms with Crippen LogP contribution in [0.2, 0.25) is 0 Å². The van der Waals surface area contributed by atoms with Crippen molar-refractivity contribution in [2.75, 3.05) is 0 Å². The van der Waals surface area contributed by atoms with Crippen molar-refractivity contribution >= 4 is 70.6 Å². The average Bonchev–Trinajstić information content (AvgIpc) is 2.87. The average molecular weight is 626 g/mol. The van der Waals surface area contributed by atoms with Crippen LogP contribution < -0.4 is 0 Å². The molecule has 6 rings (SSSR count). The Bertz CT molecular complexity index is 1350. The Hall–Kier alpha value is -2.83. The standard InChI is InChI=1S/3C10H9NS.Rh/c3*1-7-5-6-11-10-8(7)3-2-4-9(10)12;/h3*2-6,12H,1H3;/q;;;+3/p-3. The van der Waals surface area contributed by atoms with Crippen LogP contribution in [0.1, 0.15) is 16.7 Å². The van der Waals surface area contributed by atoms with E-state index >= 15 is 0 Å². The number of benzene rings is 3. The van der Waals surface area contributed by atoms with E-state index in [-0.39, 0.29) is 19.5 Å². The van der Waals surface area contributed by atoms with Gasteiger partial charge in [-0.2, -0.15) is 0 Å². The van der Waals surface area contributed by atoms with Gasteiger partial charge in [0.05, 0.1) is 16.6 Å². The Kier molecular flexibility index (Phi) is 10.2. The Morgan fingerprint density at radius 3 is 0.946 bits per heavy atom. The van der Waals surface area contributed by atoms with E-state index < -0.39 is 0 Å². The van der Waals surface area contributed by atoms with E-state index in [0.717, 1.165) is 47.4 Å². The summed E-state index contributed by atoms with van der Waals surface area (Å²) in [4.78, 5) is 15.2. The molecule has 0 saturated carbocycles. The number of hydrogen-bond acceptors (Lipinski definition) is 6. The molecule has 3 aromatic heterocycles. The molecule has 0 atom stereocenters. The molecule has 3 nitrogen and oxygen atoms in total. The molecule has 0 N–H and O–H groups in total. The second-order valence-electron chi connectivity index (χ2n) is 8.34. The molecule has 6 aromatic rings. The summed E-state index contributed by atoms with van der Waals surface area (Å²) < 4.78 is 0. The van der Waals surface area contributed by atoms with Gasteiger partial charge in [-0.05, 0) is 55.7 Å².